The normalized spacial score (nSPS) is 10.5. The number of carbonyl (C=O) groups is 2. The number of hydrogen-bond donors (Lipinski definition) is 1. The zero-order valence-electron chi connectivity index (χ0n) is 15.3. The Bertz CT molecular complexity index is 926. The Kier molecular flexibility index (Phi) is 6.80. The van der Waals surface area contributed by atoms with Gasteiger partial charge in [0.25, 0.3) is 5.22 Å². The van der Waals surface area contributed by atoms with E-state index >= 15 is 0 Å². The number of esters is 1. The summed E-state index contributed by atoms with van der Waals surface area (Å²) in [5.41, 5.74) is 2.43. The van der Waals surface area contributed by atoms with E-state index in [1.54, 1.807) is 24.3 Å². The number of aromatic nitrogens is 2. The molecule has 0 saturated heterocycles. The summed E-state index contributed by atoms with van der Waals surface area (Å²) in [6, 6.07) is 16.7. The van der Waals surface area contributed by atoms with E-state index < -0.39 is 5.97 Å². The van der Waals surface area contributed by atoms with Crippen molar-refractivity contribution in [3.63, 3.8) is 0 Å². The third-order valence-corrected chi connectivity index (χ3v) is 4.66. The molecule has 0 saturated carbocycles. The molecule has 0 aliphatic carbocycles. The van der Waals surface area contributed by atoms with Crippen LogP contribution in [-0.4, -0.2) is 34.9 Å². The van der Waals surface area contributed by atoms with E-state index in [0.29, 0.717) is 29.6 Å². The first-order valence-electron chi connectivity index (χ1n) is 8.57. The summed E-state index contributed by atoms with van der Waals surface area (Å²) in [5.74, 6) is 0.149. The van der Waals surface area contributed by atoms with Gasteiger partial charge in [-0.1, -0.05) is 54.2 Å². The number of nitrogens with one attached hydrogen (secondary N) is 1. The molecular formula is C20H19N3O4S. The van der Waals surface area contributed by atoms with Gasteiger partial charge in [0.05, 0.1) is 24.8 Å². The summed E-state index contributed by atoms with van der Waals surface area (Å²) in [6.45, 7) is 0.365. The van der Waals surface area contributed by atoms with E-state index in [-0.39, 0.29) is 11.7 Å². The maximum absolute atomic E-state index is 12.0. The van der Waals surface area contributed by atoms with Crippen molar-refractivity contribution >= 4 is 23.6 Å². The molecule has 0 unspecified atom stereocenters. The van der Waals surface area contributed by atoms with Crippen molar-refractivity contribution in [2.24, 2.45) is 0 Å². The Morgan fingerprint density at radius 2 is 1.79 bits per heavy atom. The van der Waals surface area contributed by atoms with Gasteiger partial charge in [-0.15, -0.1) is 10.2 Å². The van der Waals surface area contributed by atoms with Gasteiger partial charge in [-0.25, -0.2) is 4.79 Å². The third kappa shape index (κ3) is 5.68. The molecule has 0 spiro atoms. The lowest BCUT2D eigenvalue weighted by atomic mass is 10.1. The molecule has 0 fully saturated rings. The molecule has 0 aliphatic heterocycles. The first-order chi connectivity index (χ1) is 13.6. The van der Waals surface area contributed by atoms with Crippen molar-refractivity contribution in [3.8, 4) is 0 Å². The van der Waals surface area contributed by atoms with Gasteiger partial charge < -0.3 is 14.5 Å². The second-order valence-electron chi connectivity index (χ2n) is 5.88. The highest BCUT2D eigenvalue weighted by Gasteiger charge is 2.10. The zero-order valence-corrected chi connectivity index (χ0v) is 16.1. The number of carbonyl (C=O) groups excluding carboxylic acids is 2. The van der Waals surface area contributed by atoms with Gasteiger partial charge in [0.15, 0.2) is 0 Å². The molecule has 1 N–H and O–H groups in total. The number of thioether (sulfide) groups is 1. The second kappa shape index (κ2) is 9.70. The van der Waals surface area contributed by atoms with Gasteiger partial charge in [-0.05, 0) is 23.3 Å². The fourth-order valence-corrected chi connectivity index (χ4v) is 3.00. The van der Waals surface area contributed by atoms with Crippen LogP contribution in [0.5, 0.6) is 0 Å². The number of amides is 1. The lowest BCUT2D eigenvalue weighted by Crippen LogP contribution is -2.24. The van der Waals surface area contributed by atoms with Gasteiger partial charge in [0.1, 0.15) is 0 Å². The smallest absolute Gasteiger partial charge is 0.337 e. The highest BCUT2D eigenvalue weighted by atomic mass is 32.2. The Morgan fingerprint density at radius 3 is 2.50 bits per heavy atom. The van der Waals surface area contributed by atoms with Crippen LogP contribution in [0.25, 0.3) is 0 Å². The monoisotopic (exact) mass is 397 g/mol. The number of hydrogen-bond acceptors (Lipinski definition) is 7. The Morgan fingerprint density at radius 1 is 1.04 bits per heavy atom. The van der Waals surface area contributed by atoms with E-state index in [4.69, 9.17) is 4.42 Å². The highest BCUT2D eigenvalue weighted by Crippen LogP contribution is 2.17. The summed E-state index contributed by atoms with van der Waals surface area (Å²) in [4.78, 5) is 23.4. The molecule has 3 rings (SSSR count). The minimum atomic E-state index is -0.391. The van der Waals surface area contributed by atoms with Crippen LogP contribution >= 0.6 is 11.8 Å². The van der Waals surface area contributed by atoms with E-state index in [0.717, 1.165) is 11.1 Å². The van der Waals surface area contributed by atoms with E-state index in [1.165, 1.54) is 18.9 Å². The van der Waals surface area contributed by atoms with Gasteiger partial charge in [-0.2, -0.15) is 0 Å². The number of nitrogens with zero attached hydrogens (tertiary/aromatic N) is 2. The molecule has 0 aliphatic rings. The molecule has 1 aromatic heterocycles. The lowest BCUT2D eigenvalue weighted by molar-refractivity contribution is -0.118. The second-order valence-corrected chi connectivity index (χ2v) is 6.80. The fraction of sp³-hybridized carbons (Fsp3) is 0.200. The van der Waals surface area contributed by atoms with Crippen LogP contribution in [0.3, 0.4) is 0 Å². The Hall–Kier alpha value is -3.13. The summed E-state index contributed by atoms with van der Waals surface area (Å²) in [6.07, 6.45) is 0.558. The average Bonchev–Trinajstić information content (AvgIpc) is 3.18. The van der Waals surface area contributed by atoms with E-state index in [2.05, 4.69) is 20.3 Å². The summed E-state index contributed by atoms with van der Waals surface area (Å²) in [5, 5.41) is 11.1. The molecule has 1 amide bonds. The molecule has 28 heavy (non-hydrogen) atoms. The van der Waals surface area contributed by atoms with Crippen LogP contribution in [-0.2, 0) is 22.5 Å². The minimum absolute atomic E-state index is 0.148. The van der Waals surface area contributed by atoms with Crippen LogP contribution in [0.15, 0.2) is 64.2 Å². The topological polar surface area (TPSA) is 94.3 Å². The van der Waals surface area contributed by atoms with Gasteiger partial charge in [0, 0.05) is 6.54 Å². The first-order valence-corrected chi connectivity index (χ1v) is 9.55. The summed E-state index contributed by atoms with van der Waals surface area (Å²) >= 11 is 1.19. The van der Waals surface area contributed by atoms with Crippen LogP contribution in [0.2, 0.25) is 0 Å². The van der Waals surface area contributed by atoms with Crippen molar-refractivity contribution in [2.45, 2.75) is 18.2 Å². The maximum Gasteiger partial charge on any atom is 0.337 e. The predicted molar refractivity (Wildman–Crippen MR) is 104 cm³/mol. The van der Waals surface area contributed by atoms with Crippen molar-refractivity contribution in [3.05, 3.63) is 77.2 Å². The molecule has 0 atom stereocenters. The molecule has 0 radical (unpaired) electrons. The van der Waals surface area contributed by atoms with E-state index in [9.17, 15) is 9.59 Å². The number of rotatable bonds is 8. The maximum atomic E-state index is 12.0. The Balaban J connectivity index is 1.42. The van der Waals surface area contributed by atoms with E-state index in [1.807, 2.05) is 30.3 Å². The van der Waals surface area contributed by atoms with Crippen LogP contribution in [0, 0.1) is 0 Å². The van der Waals surface area contributed by atoms with Crippen LogP contribution < -0.4 is 5.32 Å². The molecule has 2 aromatic carbocycles. The quantitative estimate of drug-likeness (QED) is 0.461. The predicted octanol–water partition coefficient (Wildman–Crippen LogP) is 2.86. The van der Waals surface area contributed by atoms with Crippen molar-refractivity contribution in [1.29, 1.82) is 0 Å². The van der Waals surface area contributed by atoms with Crippen molar-refractivity contribution in [2.75, 3.05) is 12.9 Å². The molecule has 0 bridgehead atoms. The highest BCUT2D eigenvalue weighted by molar-refractivity contribution is 7.99. The van der Waals surface area contributed by atoms with Gasteiger partial charge in [0.2, 0.25) is 11.8 Å². The minimum Gasteiger partial charge on any atom is -0.465 e. The van der Waals surface area contributed by atoms with Crippen LogP contribution in [0.4, 0.5) is 0 Å². The first kappa shape index (κ1) is 19.6. The lowest BCUT2D eigenvalue weighted by Gasteiger charge is -2.05. The SMILES string of the molecule is COC(=O)c1ccc(CNC(=O)CSc2nnc(Cc3ccccc3)o2)cc1. The van der Waals surface area contributed by atoms with Gasteiger partial charge in [-0.3, -0.25) is 4.79 Å². The molecule has 8 heteroatoms. The molecule has 7 nitrogen and oxygen atoms in total. The molecular weight excluding hydrogens is 378 g/mol. The summed E-state index contributed by atoms with van der Waals surface area (Å²) in [7, 11) is 1.34. The molecule has 144 valence electrons. The van der Waals surface area contributed by atoms with Gasteiger partial charge >= 0.3 is 5.97 Å². The summed E-state index contributed by atoms with van der Waals surface area (Å²) < 4.78 is 10.2. The molecule has 3 aromatic rings. The largest absolute Gasteiger partial charge is 0.465 e. The fourth-order valence-electron chi connectivity index (χ4n) is 2.39. The van der Waals surface area contributed by atoms with Crippen molar-refractivity contribution < 1.29 is 18.7 Å². The Labute approximate surface area is 166 Å². The zero-order chi connectivity index (χ0) is 19.8. The third-order valence-electron chi connectivity index (χ3n) is 3.84. The number of methoxy groups -OCH3 is 1. The average molecular weight is 397 g/mol. The van der Waals surface area contributed by atoms with Crippen LogP contribution in [0.1, 0.15) is 27.4 Å². The number of benzene rings is 2. The number of ether oxygens (including phenoxy) is 1. The molecule has 1 heterocycles. The standard InChI is InChI=1S/C20H19N3O4S/c1-26-19(25)16-9-7-15(8-10-16)12-21-17(24)13-28-20-23-22-18(27-20)11-14-5-3-2-4-6-14/h2-10H,11-13H2,1H3,(H,21,24). The van der Waals surface area contributed by atoms with Crippen molar-refractivity contribution in [1.82, 2.24) is 15.5 Å².